The molecule has 16 heteroatoms. The highest BCUT2D eigenvalue weighted by molar-refractivity contribution is 6.35. The van der Waals surface area contributed by atoms with Crippen molar-refractivity contribution in [3.05, 3.63) is 153 Å². The van der Waals surface area contributed by atoms with Crippen molar-refractivity contribution in [2.24, 2.45) is 11.8 Å². The molecule has 356 valence electrons. The predicted octanol–water partition coefficient (Wildman–Crippen LogP) is 10.4. The van der Waals surface area contributed by atoms with Gasteiger partial charge in [-0.05, 0) is 128 Å². The van der Waals surface area contributed by atoms with Gasteiger partial charge >= 0.3 is 18.7 Å². The van der Waals surface area contributed by atoms with Gasteiger partial charge in [0.1, 0.15) is 30.6 Å². The van der Waals surface area contributed by atoms with Gasteiger partial charge in [0.05, 0.1) is 22.7 Å². The fraction of sp³-hybridized carbons (Fsp3) is 0.385. The Balaban J connectivity index is 0.854. The van der Waals surface area contributed by atoms with Crippen LogP contribution in [0.4, 0.5) is 13.6 Å². The number of rotatable bonds is 18. The molecule has 68 heavy (non-hydrogen) atoms. The van der Waals surface area contributed by atoms with Crippen LogP contribution in [-0.2, 0) is 27.3 Å². The maximum absolute atomic E-state index is 14.1. The molecule has 1 saturated carbocycles. The highest BCUT2D eigenvalue weighted by Gasteiger charge is 2.39. The fourth-order valence-corrected chi connectivity index (χ4v) is 9.76. The molecule has 4 aromatic carbocycles. The summed E-state index contributed by atoms with van der Waals surface area (Å²) in [6, 6.07) is 27.4. The molecule has 5 heterocycles. The second kappa shape index (κ2) is 21.6. The van der Waals surface area contributed by atoms with E-state index in [0.29, 0.717) is 60.3 Å². The third-order valence-corrected chi connectivity index (χ3v) is 13.8. The monoisotopic (exact) mass is 968 g/mol. The first-order valence-corrected chi connectivity index (χ1v) is 23.9. The van der Waals surface area contributed by atoms with Crippen molar-refractivity contribution in [1.82, 2.24) is 20.1 Å². The number of carbonyl (C=O) groups excluding carboxylic acids is 3. The first-order valence-electron chi connectivity index (χ1n) is 23.1. The minimum absolute atomic E-state index is 0.0242. The maximum Gasteiger partial charge on any atom is 0.408 e. The number of halogens is 4. The quantitative estimate of drug-likeness (QED) is 0.0848. The van der Waals surface area contributed by atoms with E-state index in [1.54, 1.807) is 12.1 Å². The van der Waals surface area contributed by atoms with Crippen LogP contribution in [0, 0.1) is 11.8 Å². The normalized spacial score (nSPS) is 20.6. The number of carbonyl (C=O) groups is 3. The lowest BCUT2D eigenvalue weighted by atomic mass is 9.86. The zero-order valence-electron chi connectivity index (χ0n) is 37.2. The van der Waals surface area contributed by atoms with Crippen molar-refractivity contribution in [3.8, 4) is 17.2 Å². The number of ether oxygens (including phenoxy) is 5. The van der Waals surface area contributed by atoms with Crippen LogP contribution in [0.5, 0.6) is 17.2 Å². The van der Waals surface area contributed by atoms with E-state index in [0.717, 1.165) is 62.0 Å². The number of piperidine rings is 3. The van der Waals surface area contributed by atoms with Crippen LogP contribution < -0.4 is 19.5 Å². The molecule has 4 aliphatic heterocycles. The van der Waals surface area contributed by atoms with Gasteiger partial charge < -0.3 is 33.9 Å². The SMILES string of the molecule is O=C(N[C@@H](c1ccccc1)c1cccc(OCc2ccc(C(=O)N3CCC[C@H]3C(=O)O[C@@H](Cc3c(Cl)cncc3Cl)c3ccc(OC(F)F)c(OCC4CC4)c3)cc2)c1)O[C@H]1CN2CCC1CC2. The van der Waals surface area contributed by atoms with Crippen LogP contribution in [0.3, 0.4) is 0 Å². The number of hydrogen-bond acceptors (Lipinski definition) is 10. The van der Waals surface area contributed by atoms with Gasteiger partial charge in [0.25, 0.3) is 5.91 Å². The maximum atomic E-state index is 14.1. The highest BCUT2D eigenvalue weighted by atomic mass is 35.5. The minimum Gasteiger partial charge on any atom is -0.489 e. The van der Waals surface area contributed by atoms with Gasteiger partial charge in [0.15, 0.2) is 11.5 Å². The molecule has 1 aliphatic carbocycles. The number of benzene rings is 4. The van der Waals surface area contributed by atoms with Crippen molar-refractivity contribution in [2.75, 3.05) is 32.8 Å². The Labute approximate surface area is 403 Å². The first-order chi connectivity index (χ1) is 33.0. The molecule has 1 N–H and O–H groups in total. The summed E-state index contributed by atoms with van der Waals surface area (Å²) in [7, 11) is 0. The van der Waals surface area contributed by atoms with E-state index in [-0.39, 0.29) is 46.6 Å². The molecule has 0 radical (unpaired) electrons. The zero-order valence-corrected chi connectivity index (χ0v) is 38.8. The lowest BCUT2D eigenvalue weighted by Crippen LogP contribution is -2.52. The summed E-state index contributed by atoms with van der Waals surface area (Å²) in [4.78, 5) is 49.4. The topological polar surface area (TPSA) is 129 Å². The van der Waals surface area contributed by atoms with Gasteiger partial charge in [-0.3, -0.25) is 14.7 Å². The van der Waals surface area contributed by atoms with Gasteiger partial charge in [-0.1, -0.05) is 83.9 Å². The summed E-state index contributed by atoms with van der Waals surface area (Å²) in [5.41, 5.74) is 3.83. The number of hydrogen-bond donors (Lipinski definition) is 1. The number of aromatic nitrogens is 1. The molecule has 5 aliphatic rings. The lowest BCUT2D eigenvalue weighted by Gasteiger charge is -2.43. The Morgan fingerprint density at radius 2 is 1.53 bits per heavy atom. The molecule has 5 aromatic rings. The molecule has 12 nitrogen and oxygen atoms in total. The van der Waals surface area contributed by atoms with Crippen LogP contribution >= 0.6 is 23.2 Å². The minimum atomic E-state index is -3.08. The molecule has 4 saturated heterocycles. The van der Waals surface area contributed by atoms with E-state index in [2.05, 4.69) is 15.2 Å². The third kappa shape index (κ3) is 11.6. The largest absolute Gasteiger partial charge is 0.489 e. The number of likely N-dealkylation sites (tertiary alicyclic amines) is 1. The van der Waals surface area contributed by atoms with Crippen LogP contribution in [-0.4, -0.2) is 84.3 Å². The number of esters is 1. The van der Waals surface area contributed by atoms with Crippen molar-refractivity contribution >= 4 is 41.2 Å². The molecular formula is C52H52Cl2F2N4O8. The average molecular weight is 970 g/mol. The average Bonchev–Trinajstić information content (AvgIpc) is 4.06. The molecular weight excluding hydrogens is 917 g/mol. The van der Waals surface area contributed by atoms with Gasteiger partial charge in [0, 0.05) is 37.5 Å². The molecule has 2 bridgehead atoms. The number of alkyl halides is 2. The number of alkyl carbamates (subject to hydrolysis) is 1. The second-order valence-electron chi connectivity index (χ2n) is 17.8. The molecule has 2 amide bonds. The third-order valence-electron chi connectivity index (χ3n) is 13.2. The molecule has 4 atom stereocenters. The van der Waals surface area contributed by atoms with E-state index in [9.17, 15) is 23.2 Å². The molecule has 1 aromatic heterocycles. The van der Waals surface area contributed by atoms with E-state index in [4.69, 9.17) is 46.9 Å². The Morgan fingerprint density at radius 1 is 0.779 bits per heavy atom. The number of pyridine rings is 1. The summed E-state index contributed by atoms with van der Waals surface area (Å²) in [6.45, 7) is 0.664. The number of nitrogens with zero attached hydrogens (tertiary/aromatic N) is 3. The number of fused-ring (bicyclic) bond motifs is 3. The predicted molar refractivity (Wildman–Crippen MR) is 250 cm³/mol. The van der Waals surface area contributed by atoms with E-state index >= 15 is 0 Å². The molecule has 0 unspecified atom stereocenters. The fourth-order valence-electron chi connectivity index (χ4n) is 9.24. The Hall–Kier alpha value is -5.96. The first kappa shape index (κ1) is 47.1. The number of amides is 2. The standard InChI is InChI=1S/C52H52Cl2F2N4O8/c53-41-27-57-28-42(54)40(41)26-45(37-17-18-44(67-51(55)56)46(25-37)65-31-32-11-12-32)66-50(62)43-10-5-21-60(43)49(61)36-15-13-33(14-16-36)30-64-39-9-4-8-38(24-39)48(35-6-2-1-3-7-35)58-52(63)68-47-29-59-22-19-34(47)20-23-59/h1-4,6-9,13-18,24-25,27-28,32,34,43,45,47-48,51H,5,10-12,19-23,26,29-31H2,(H,58,63)/t43-,45-,47-,48-/m0/s1. The Morgan fingerprint density at radius 3 is 2.24 bits per heavy atom. The van der Waals surface area contributed by atoms with Crippen LogP contribution in [0.2, 0.25) is 10.0 Å². The van der Waals surface area contributed by atoms with Crippen molar-refractivity contribution in [1.29, 1.82) is 0 Å². The summed E-state index contributed by atoms with van der Waals surface area (Å²) in [5.74, 6) is 0.274. The summed E-state index contributed by atoms with van der Waals surface area (Å²) in [5, 5.41) is 3.62. The lowest BCUT2D eigenvalue weighted by molar-refractivity contribution is -0.154. The molecule has 0 spiro atoms. The van der Waals surface area contributed by atoms with Crippen molar-refractivity contribution < 1.29 is 46.8 Å². The van der Waals surface area contributed by atoms with E-state index in [1.165, 1.54) is 35.5 Å². The molecule has 10 rings (SSSR count). The summed E-state index contributed by atoms with van der Waals surface area (Å²) < 4.78 is 55.9. The van der Waals surface area contributed by atoms with E-state index < -0.39 is 36.9 Å². The summed E-state index contributed by atoms with van der Waals surface area (Å²) in [6.07, 6.45) is 6.29. The smallest absolute Gasteiger partial charge is 0.408 e. The number of nitrogens with one attached hydrogen (secondary N) is 1. The van der Waals surface area contributed by atoms with Gasteiger partial charge in [0.2, 0.25) is 0 Å². The van der Waals surface area contributed by atoms with Crippen LogP contribution in [0.1, 0.15) is 88.8 Å². The van der Waals surface area contributed by atoms with Crippen molar-refractivity contribution in [2.45, 2.75) is 82.5 Å². The van der Waals surface area contributed by atoms with Gasteiger partial charge in [-0.15, -0.1) is 0 Å². The van der Waals surface area contributed by atoms with Gasteiger partial charge in [-0.25, -0.2) is 9.59 Å². The highest BCUT2D eigenvalue weighted by Crippen LogP contribution is 2.39. The zero-order chi connectivity index (χ0) is 47.1. The van der Waals surface area contributed by atoms with E-state index in [1.807, 2.05) is 66.7 Å². The van der Waals surface area contributed by atoms with Crippen LogP contribution in [0.25, 0.3) is 0 Å². The van der Waals surface area contributed by atoms with Crippen molar-refractivity contribution in [3.63, 3.8) is 0 Å². The summed E-state index contributed by atoms with van der Waals surface area (Å²) >= 11 is 13.0. The Kier molecular flexibility index (Phi) is 14.9. The van der Waals surface area contributed by atoms with Gasteiger partial charge in [-0.2, -0.15) is 8.78 Å². The second-order valence-corrected chi connectivity index (χ2v) is 18.6. The Bertz CT molecular complexity index is 2540. The van der Waals surface area contributed by atoms with Crippen LogP contribution in [0.15, 0.2) is 109 Å². The molecule has 5 fully saturated rings.